The molecular formula is C15H18N4O2S. The molecule has 2 N–H and O–H groups in total. The Balaban J connectivity index is 1.60. The maximum Gasteiger partial charge on any atom is 0.152 e. The molecule has 7 heteroatoms. The third kappa shape index (κ3) is 3.94. The van der Waals surface area contributed by atoms with Crippen LogP contribution in [0, 0.1) is 0 Å². The monoisotopic (exact) mass is 318 g/mol. The number of aromatic nitrogens is 2. The van der Waals surface area contributed by atoms with Gasteiger partial charge in [-0.2, -0.15) is 0 Å². The highest BCUT2D eigenvalue weighted by atomic mass is 32.2. The predicted molar refractivity (Wildman–Crippen MR) is 86.5 cm³/mol. The van der Waals surface area contributed by atoms with Crippen LogP contribution in [0.4, 0.5) is 11.6 Å². The van der Waals surface area contributed by atoms with Gasteiger partial charge in [-0.1, -0.05) is 30.3 Å². The van der Waals surface area contributed by atoms with Gasteiger partial charge in [-0.25, -0.2) is 18.4 Å². The van der Waals surface area contributed by atoms with Crippen LogP contribution in [0.5, 0.6) is 0 Å². The molecule has 2 heterocycles. The van der Waals surface area contributed by atoms with Crippen molar-refractivity contribution < 1.29 is 8.42 Å². The van der Waals surface area contributed by atoms with Crippen molar-refractivity contribution in [3.63, 3.8) is 0 Å². The maximum atomic E-state index is 11.5. The average Bonchev–Trinajstić information content (AvgIpc) is 2.85. The van der Waals surface area contributed by atoms with Crippen LogP contribution < -0.4 is 10.6 Å². The molecule has 1 aromatic carbocycles. The molecule has 0 aliphatic carbocycles. The molecule has 3 rings (SSSR count). The van der Waals surface area contributed by atoms with Crippen molar-refractivity contribution >= 4 is 21.5 Å². The van der Waals surface area contributed by atoms with Gasteiger partial charge in [0, 0.05) is 18.7 Å². The Morgan fingerprint density at radius 1 is 1.14 bits per heavy atom. The number of hydrogen-bond donors (Lipinski definition) is 2. The molecular weight excluding hydrogens is 300 g/mol. The van der Waals surface area contributed by atoms with Gasteiger partial charge < -0.3 is 10.6 Å². The molecule has 1 aliphatic rings. The molecule has 0 bridgehead atoms. The van der Waals surface area contributed by atoms with E-state index in [1.807, 2.05) is 30.3 Å². The standard InChI is InChI=1S/C15H18N4O2S/c20-22(21)7-6-13(10-22)19-15-8-14(17-11-18-15)16-9-12-4-2-1-3-5-12/h1-5,8,11,13H,6-7,9-10H2,(H2,16,17,18,19). The number of nitrogens with zero attached hydrogens (tertiary/aromatic N) is 2. The highest BCUT2D eigenvalue weighted by Gasteiger charge is 2.27. The topological polar surface area (TPSA) is 84.0 Å². The SMILES string of the molecule is O=S1(=O)CCC(Nc2cc(NCc3ccccc3)ncn2)C1. The molecule has 2 aromatic rings. The first-order valence-electron chi connectivity index (χ1n) is 7.17. The summed E-state index contributed by atoms with van der Waals surface area (Å²) in [6.45, 7) is 0.676. The van der Waals surface area contributed by atoms with Gasteiger partial charge in [-0.15, -0.1) is 0 Å². The van der Waals surface area contributed by atoms with Crippen molar-refractivity contribution in [3.05, 3.63) is 48.3 Å². The van der Waals surface area contributed by atoms with Crippen LogP contribution in [0.1, 0.15) is 12.0 Å². The van der Waals surface area contributed by atoms with E-state index in [-0.39, 0.29) is 17.5 Å². The lowest BCUT2D eigenvalue weighted by molar-refractivity contribution is 0.602. The van der Waals surface area contributed by atoms with Gasteiger partial charge in [0.05, 0.1) is 11.5 Å². The van der Waals surface area contributed by atoms with Crippen molar-refractivity contribution in [2.24, 2.45) is 0 Å². The third-order valence-electron chi connectivity index (χ3n) is 3.57. The Hall–Kier alpha value is -2.15. The Morgan fingerprint density at radius 3 is 2.64 bits per heavy atom. The Labute approximate surface area is 129 Å². The van der Waals surface area contributed by atoms with E-state index in [2.05, 4.69) is 20.6 Å². The molecule has 22 heavy (non-hydrogen) atoms. The number of benzene rings is 1. The summed E-state index contributed by atoms with van der Waals surface area (Å²) >= 11 is 0. The lowest BCUT2D eigenvalue weighted by Crippen LogP contribution is -2.21. The number of hydrogen-bond acceptors (Lipinski definition) is 6. The van der Waals surface area contributed by atoms with E-state index in [1.165, 1.54) is 6.33 Å². The van der Waals surface area contributed by atoms with Gasteiger partial charge in [-0.3, -0.25) is 0 Å². The summed E-state index contributed by atoms with van der Waals surface area (Å²) in [5.41, 5.74) is 1.16. The summed E-state index contributed by atoms with van der Waals surface area (Å²) in [6, 6.07) is 11.8. The number of anilines is 2. The van der Waals surface area contributed by atoms with Gasteiger partial charge >= 0.3 is 0 Å². The minimum atomic E-state index is -2.89. The van der Waals surface area contributed by atoms with Crippen LogP contribution in [0.25, 0.3) is 0 Å². The van der Waals surface area contributed by atoms with Crippen molar-refractivity contribution in [2.45, 2.75) is 19.0 Å². The quantitative estimate of drug-likeness (QED) is 0.873. The fraction of sp³-hybridized carbons (Fsp3) is 0.333. The van der Waals surface area contributed by atoms with E-state index in [4.69, 9.17) is 0 Å². The minimum absolute atomic E-state index is 0.0677. The number of nitrogens with one attached hydrogen (secondary N) is 2. The zero-order valence-electron chi connectivity index (χ0n) is 12.1. The molecule has 0 amide bonds. The lowest BCUT2D eigenvalue weighted by Gasteiger charge is -2.12. The zero-order chi connectivity index (χ0) is 15.4. The Kier molecular flexibility index (Phi) is 4.24. The van der Waals surface area contributed by atoms with E-state index in [0.717, 1.165) is 5.56 Å². The largest absolute Gasteiger partial charge is 0.366 e. The first kappa shape index (κ1) is 14.8. The van der Waals surface area contributed by atoms with E-state index in [9.17, 15) is 8.42 Å². The second-order valence-electron chi connectivity index (χ2n) is 5.37. The van der Waals surface area contributed by atoms with Crippen molar-refractivity contribution in [3.8, 4) is 0 Å². The van der Waals surface area contributed by atoms with Crippen molar-refractivity contribution in [1.29, 1.82) is 0 Å². The summed E-state index contributed by atoms with van der Waals surface area (Å²) < 4.78 is 22.9. The smallest absolute Gasteiger partial charge is 0.152 e. The summed E-state index contributed by atoms with van der Waals surface area (Å²) in [5.74, 6) is 1.77. The van der Waals surface area contributed by atoms with Crippen LogP contribution in [-0.2, 0) is 16.4 Å². The van der Waals surface area contributed by atoms with E-state index in [0.29, 0.717) is 24.6 Å². The van der Waals surface area contributed by atoms with E-state index < -0.39 is 9.84 Å². The minimum Gasteiger partial charge on any atom is -0.366 e. The van der Waals surface area contributed by atoms with Crippen molar-refractivity contribution in [2.75, 3.05) is 22.1 Å². The van der Waals surface area contributed by atoms with Gasteiger partial charge in [0.25, 0.3) is 0 Å². The molecule has 1 aliphatic heterocycles. The zero-order valence-corrected chi connectivity index (χ0v) is 12.9. The normalized spacial score (nSPS) is 19.7. The Morgan fingerprint density at radius 2 is 1.91 bits per heavy atom. The molecule has 116 valence electrons. The molecule has 0 radical (unpaired) electrons. The second kappa shape index (κ2) is 6.31. The highest BCUT2D eigenvalue weighted by Crippen LogP contribution is 2.17. The van der Waals surface area contributed by atoms with Gasteiger partial charge in [-0.05, 0) is 12.0 Å². The lowest BCUT2D eigenvalue weighted by atomic mass is 10.2. The summed E-state index contributed by atoms with van der Waals surface area (Å²) in [4.78, 5) is 8.33. The summed E-state index contributed by atoms with van der Waals surface area (Å²) in [5, 5.41) is 6.40. The van der Waals surface area contributed by atoms with Gasteiger partial charge in [0.2, 0.25) is 0 Å². The van der Waals surface area contributed by atoms with Gasteiger partial charge in [0.1, 0.15) is 18.0 Å². The molecule has 1 unspecified atom stereocenters. The molecule has 1 fully saturated rings. The number of rotatable bonds is 5. The molecule has 1 atom stereocenters. The fourth-order valence-corrected chi connectivity index (χ4v) is 4.11. The van der Waals surface area contributed by atoms with E-state index >= 15 is 0 Å². The molecule has 1 saturated heterocycles. The predicted octanol–water partition coefficient (Wildman–Crippen LogP) is 1.69. The fourth-order valence-electron chi connectivity index (χ4n) is 2.44. The van der Waals surface area contributed by atoms with Gasteiger partial charge in [0.15, 0.2) is 9.84 Å². The van der Waals surface area contributed by atoms with Crippen LogP contribution >= 0.6 is 0 Å². The molecule has 0 spiro atoms. The average molecular weight is 318 g/mol. The van der Waals surface area contributed by atoms with Crippen LogP contribution in [0.2, 0.25) is 0 Å². The third-order valence-corrected chi connectivity index (χ3v) is 5.34. The van der Waals surface area contributed by atoms with Crippen LogP contribution in [-0.4, -0.2) is 35.9 Å². The molecule has 6 nitrogen and oxygen atoms in total. The number of sulfone groups is 1. The Bertz CT molecular complexity index is 734. The second-order valence-corrected chi connectivity index (χ2v) is 7.60. The van der Waals surface area contributed by atoms with E-state index in [1.54, 1.807) is 6.07 Å². The first-order valence-corrected chi connectivity index (χ1v) is 9.00. The molecule has 0 saturated carbocycles. The molecule has 1 aromatic heterocycles. The summed E-state index contributed by atoms with van der Waals surface area (Å²) in [6.07, 6.45) is 2.10. The first-order chi connectivity index (χ1) is 10.6. The maximum absolute atomic E-state index is 11.5. The highest BCUT2D eigenvalue weighted by molar-refractivity contribution is 7.91. The summed E-state index contributed by atoms with van der Waals surface area (Å²) in [7, 11) is -2.89. The van der Waals surface area contributed by atoms with Crippen LogP contribution in [0.3, 0.4) is 0 Å². The van der Waals surface area contributed by atoms with Crippen molar-refractivity contribution in [1.82, 2.24) is 9.97 Å². The van der Waals surface area contributed by atoms with Crippen LogP contribution in [0.15, 0.2) is 42.7 Å².